The first-order valence-electron chi connectivity index (χ1n) is 8.23. The molecule has 20 heavy (non-hydrogen) atoms. The molecule has 0 saturated heterocycles. The number of unbranched alkanes of at least 4 members (excludes halogenated alkanes) is 3. The predicted molar refractivity (Wildman–Crippen MR) is 86.6 cm³/mol. The fourth-order valence-electron chi connectivity index (χ4n) is 2.88. The van der Waals surface area contributed by atoms with Crippen LogP contribution >= 0.6 is 0 Å². The van der Waals surface area contributed by atoms with Crippen molar-refractivity contribution in [3.05, 3.63) is 22.8 Å². The molecule has 1 amide bonds. The molecule has 1 unspecified atom stereocenters. The topological polar surface area (TPSA) is 20.3 Å². The van der Waals surface area contributed by atoms with Crippen molar-refractivity contribution in [3.63, 3.8) is 0 Å². The first kappa shape index (κ1) is 17.0. The van der Waals surface area contributed by atoms with Crippen LogP contribution in [0.2, 0.25) is 0 Å². The van der Waals surface area contributed by atoms with Crippen molar-refractivity contribution in [2.75, 3.05) is 13.1 Å². The number of allylic oxidation sites excluding steroid dienone is 2. The highest BCUT2D eigenvalue weighted by Crippen LogP contribution is 2.39. The monoisotopic (exact) mass is 277 g/mol. The molecule has 0 heterocycles. The van der Waals surface area contributed by atoms with Crippen molar-refractivity contribution in [1.82, 2.24) is 4.90 Å². The minimum atomic E-state index is 0.0570. The molecular formula is C18H31NO. The van der Waals surface area contributed by atoms with Crippen molar-refractivity contribution in [2.45, 2.75) is 66.7 Å². The molecule has 2 heteroatoms. The summed E-state index contributed by atoms with van der Waals surface area (Å²) in [6.45, 7) is 12.2. The van der Waals surface area contributed by atoms with Crippen LogP contribution in [0.15, 0.2) is 22.8 Å². The second-order valence-corrected chi connectivity index (χ2v) is 5.93. The van der Waals surface area contributed by atoms with Gasteiger partial charge in [0.1, 0.15) is 0 Å². The normalized spacial score (nSPS) is 17.6. The predicted octanol–water partition coefficient (Wildman–Crippen LogP) is 4.72. The van der Waals surface area contributed by atoms with Crippen LogP contribution in [0.4, 0.5) is 0 Å². The quantitative estimate of drug-likeness (QED) is 0.588. The zero-order chi connectivity index (χ0) is 15.1. The van der Waals surface area contributed by atoms with E-state index in [0.717, 1.165) is 19.5 Å². The molecule has 114 valence electrons. The van der Waals surface area contributed by atoms with Gasteiger partial charge in [0, 0.05) is 13.1 Å². The zero-order valence-electron chi connectivity index (χ0n) is 14.0. The summed E-state index contributed by atoms with van der Waals surface area (Å²) >= 11 is 0. The maximum absolute atomic E-state index is 12.7. The Labute approximate surface area is 124 Å². The van der Waals surface area contributed by atoms with E-state index in [9.17, 15) is 4.79 Å². The Bertz CT molecular complexity index is 384. The summed E-state index contributed by atoms with van der Waals surface area (Å²) in [5.74, 6) is 0.362. The summed E-state index contributed by atoms with van der Waals surface area (Å²) in [5.41, 5.74) is 3.90. The molecular weight excluding hydrogens is 246 g/mol. The highest BCUT2D eigenvalue weighted by Gasteiger charge is 2.35. The van der Waals surface area contributed by atoms with Crippen LogP contribution in [0.25, 0.3) is 0 Å². The molecule has 0 N–H and O–H groups in total. The Balaban J connectivity index is 2.72. The van der Waals surface area contributed by atoms with E-state index >= 15 is 0 Å². The Morgan fingerprint density at radius 2 is 1.75 bits per heavy atom. The smallest absolute Gasteiger partial charge is 0.234 e. The number of hydrogen-bond acceptors (Lipinski definition) is 1. The first-order valence-corrected chi connectivity index (χ1v) is 8.23. The minimum Gasteiger partial charge on any atom is -0.342 e. The Hall–Kier alpha value is -1.05. The largest absolute Gasteiger partial charge is 0.342 e. The van der Waals surface area contributed by atoms with E-state index in [-0.39, 0.29) is 5.92 Å². The van der Waals surface area contributed by atoms with Crippen molar-refractivity contribution in [3.8, 4) is 0 Å². The summed E-state index contributed by atoms with van der Waals surface area (Å²) in [4.78, 5) is 14.6. The lowest BCUT2D eigenvalue weighted by molar-refractivity contribution is -0.133. The number of carbonyl (C=O) groups is 1. The molecule has 1 aliphatic rings. The van der Waals surface area contributed by atoms with Crippen molar-refractivity contribution in [1.29, 1.82) is 0 Å². The Morgan fingerprint density at radius 1 is 1.10 bits per heavy atom. The van der Waals surface area contributed by atoms with E-state index in [0.29, 0.717) is 5.91 Å². The Morgan fingerprint density at radius 3 is 2.25 bits per heavy atom. The Kier molecular flexibility index (Phi) is 7.04. The van der Waals surface area contributed by atoms with Crippen LogP contribution in [0, 0.1) is 5.92 Å². The van der Waals surface area contributed by atoms with E-state index in [4.69, 9.17) is 0 Å². The molecule has 2 nitrogen and oxygen atoms in total. The fourth-order valence-corrected chi connectivity index (χ4v) is 2.88. The van der Waals surface area contributed by atoms with Crippen LogP contribution in [0.3, 0.4) is 0 Å². The highest BCUT2D eigenvalue weighted by atomic mass is 16.2. The first-order chi connectivity index (χ1) is 9.56. The van der Waals surface area contributed by atoms with Gasteiger partial charge in [-0.05, 0) is 46.1 Å². The number of amides is 1. The van der Waals surface area contributed by atoms with Gasteiger partial charge < -0.3 is 4.90 Å². The molecule has 0 spiro atoms. The van der Waals surface area contributed by atoms with E-state index in [1.165, 1.54) is 42.4 Å². The second kappa shape index (κ2) is 8.28. The molecule has 0 aromatic heterocycles. The van der Waals surface area contributed by atoms with Crippen LogP contribution < -0.4 is 0 Å². The van der Waals surface area contributed by atoms with Gasteiger partial charge >= 0.3 is 0 Å². The van der Waals surface area contributed by atoms with Crippen LogP contribution in [0.1, 0.15) is 66.7 Å². The van der Waals surface area contributed by atoms with Gasteiger partial charge in [0.2, 0.25) is 5.91 Å². The van der Waals surface area contributed by atoms with Crippen LogP contribution in [0.5, 0.6) is 0 Å². The molecule has 0 aromatic rings. The maximum Gasteiger partial charge on any atom is 0.234 e. The summed E-state index contributed by atoms with van der Waals surface area (Å²) in [6.07, 6.45) is 8.42. The van der Waals surface area contributed by atoms with Gasteiger partial charge in [-0.2, -0.15) is 0 Å². The molecule has 0 saturated carbocycles. The summed E-state index contributed by atoms with van der Waals surface area (Å²) in [5, 5.41) is 0. The zero-order valence-corrected chi connectivity index (χ0v) is 14.0. The summed E-state index contributed by atoms with van der Waals surface area (Å²) in [7, 11) is 0. The van der Waals surface area contributed by atoms with Crippen molar-refractivity contribution < 1.29 is 4.79 Å². The molecule has 1 aliphatic carbocycles. The maximum atomic E-state index is 12.7. The van der Waals surface area contributed by atoms with Gasteiger partial charge in [-0.3, -0.25) is 4.79 Å². The van der Waals surface area contributed by atoms with Gasteiger partial charge in [0.25, 0.3) is 0 Å². The third kappa shape index (κ3) is 3.97. The third-order valence-electron chi connectivity index (χ3n) is 4.24. The van der Waals surface area contributed by atoms with E-state index in [1.54, 1.807) is 0 Å². The number of nitrogens with zero attached hydrogens (tertiary/aromatic N) is 1. The van der Waals surface area contributed by atoms with E-state index < -0.39 is 0 Å². The van der Waals surface area contributed by atoms with Gasteiger partial charge in [-0.15, -0.1) is 0 Å². The average Bonchev–Trinajstić information content (AvgIpc) is 2.37. The molecule has 1 rings (SSSR count). The van der Waals surface area contributed by atoms with Gasteiger partial charge in [-0.25, -0.2) is 0 Å². The lowest BCUT2D eigenvalue weighted by atomic mass is 9.74. The molecule has 0 fully saturated rings. The second-order valence-electron chi connectivity index (χ2n) is 5.93. The van der Waals surface area contributed by atoms with Gasteiger partial charge in [-0.1, -0.05) is 43.4 Å². The van der Waals surface area contributed by atoms with Crippen LogP contribution in [-0.4, -0.2) is 23.9 Å². The van der Waals surface area contributed by atoms with E-state index in [1.807, 2.05) is 4.90 Å². The molecule has 0 aliphatic heterocycles. The van der Waals surface area contributed by atoms with Gasteiger partial charge in [0.05, 0.1) is 5.92 Å². The number of hydrogen-bond donors (Lipinski definition) is 0. The fraction of sp³-hybridized carbons (Fsp3) is 0.722. The van der Waals surface area contributed by atoms with Crippen molar-refractivity contribution in [2.24, 2.45) is 5.92 Å². The minimum absolute atomic E-state index is 0.0570. The number of rotatable bonds is 8. The number of carbonyl (C=O) groups excluding carboxylic acids is 1. The average molecular weight is 277 g/mol. The van der Waals surface area contributed by atoms with Crippen molar-refractivity contribution >= 4 is 5.91 Å². The highest BCUT2D eigenvalue weighted by molar-refractivity contribution is 5.88. The van der Waals surface area contributed by atoms with Crippen LogP contribution in [-0.2, 0) is 4.79 Å². The lowest BCUT2D eigenvalue weighted by Crippen LogP contribution is -2.40. The van der Waals surface area contributed by atoms with Gasteiger partial charge in [0.15, 0.2) is 0 Å². The molecule has 0 aromatic carbocycles. The summed E-state index contributed by atoms with van der Waals surface area (Å²) < 4.78 is 0. The molecule has 0 radical (unpaired) electrons. The third-order valence-corrected chi connectivity index (χ3v) is 4.24. The lowest BCUT2D eigenvalue weighted by Gasteiger charge is -2.35. The molecule has 0 bridgehead atoms. The summed E-state index contributed by atoms with van der Waals surface area (Å²) in [6, 6.07) is 0. The molecule has 1 atom stereocenters. The van der Waals surface area contributed by atoms with E-state index in [2.05, 4.69) is 40.7 Å². The SMILES string of the molecule is CCCCCCC1=CC(=C(C)C)C1C(=O)N(CC)CC. The standard InChI is InChI=1S/C18H31NO/c1-6-9-10-11-12-15-13-16(14(4)5)17(15)18(20)19(7-2)8-3/h13,17H,6-12H2,1-5H3.